The highest BCUT2D eigenvalue weighted by Gasteiger charge is 2.36. The molecule has 0 saturated carbocycles. The van der Waals surface area contributed by atoms with Crippen molar-refractivity contribution < 1.29 is 43.2 Å². The fourth-order valence-corrected chi connectivity index (χ4v) is 8.14. The summed E-state index contributed by atoms with van der Waals surface area (Å²) in [6.45, 7) is 6.22. The zero-order chi connectivity index (χ0) is 53.2. The fraction of sp³-hybridized carbons (Fsp3) is 0.449. The number of guanidine groups is 1. The van der Waals surface area contributed by atoms with Gasteiger partial charge >= 0.3 is 0 Å². The lowest BCUT2D eigenvalue weighted by atomic mass is 9.98. The van der Waals surface area contributed by atoms with E-state index in [4.69, 9.17) is 17.2 Å². The maximum atomic E-state index is 14.8. The number of para-hydroxylation sites is 1. The molecule has 3 heterocycles. The summed E-state index contributed by atoms with van der Waals surface area (Å²) in [5.74, 6) is -8.29. The predicted molar refractivity (Wildman–Crippen MR) is 269 cm³/mol. The molecule has 4 aromatic rings. The summed E-state index contributed by atoms with van der Waals surface area (Å²) >= 11 is 0. The number of nitrogens with two attached hydrogens (primary N) is 3. The highest BCUT2D eigenvalue weighted by atomic mass is 16.2. The highest BCUT2D eigenvalue weighted by Crippen LogP contribution is 2.20. The van der Waals surface area contributed by atoms with Gasteiger partial charge in [0.1, 0.15) is 42.3 Å². The van der Waals surface area contributed by atoms with Crippen molar-refractivity contribution >= 4 is 70.0 Å². The Labute approximate surface area is 421 Å². The van der Waals surface area contributed by atoms with E-state index in [0.717, 1.165) is 10.9 Å². The molecule has 0 aliphatic carbocycles. The number of carbonyl (C=O) groups excluding carboxylic acids is 9. The van der Waals surface area contributed by atoms with Gasteiger partial charge in [-0.05, 0) is 48.3 Å². The van der Waals surface area contributed by atoms with Crippen LogP contribution in [0.5, 0.6) is 0 Å². The lowest BCUT2D eigenvalue weighted by molar-refractivity contribution is -0.136. The summed E-state index contributed by atoms with van der Waals surface area (Å²) in [6.07, 6.45) is 3.59. The second-order valence-corrected chi connectivity index (χ2v) is 18.5. The number of benzene rings is 2. The van der Waals surface area contributed by atoms with E-state index in [-0.39, 0.29) is 51.0 Å². The van der Waals surface area contributed by atoms with Gasteiger partial charge < -0.3 is 69.7 Å². The van der Waals surface area contributed by atoms with Gasteiger partial charge in [0.15, 0.2) is 5.96 Å². The molecule has 24 nitrogen and oxygen atoms in total. The van der Waals surface area contributed by atoms with Crippen LogP contribution in [-0.2, 0) is 62.4 Å². The third-order valence-electron chi connectivity index (χ3n) is 12.1. The molecule has 1 aliphatic heterocycles. The number of hydrogen-bond acceptors (Lipinski definition) is 11. The monoisotopic (exact) mass is 1010 g/mol. The van der Waals surface area contributed by atoms with Crippen LogP contribution in [0.1, 0.15) is 70.2 Å². The summed E-state index contributed by atoms with van der Waals surface area (Å²) in [7, 11) is 0. The van der Waals surface area contributed by atoms with Gasteiger partial charge in [-0.1, -0.05) is 76.2 Å². The van der Waals surface area contributed by atoms with Crippen LogP contribution >= 0.6 is 0 Å². The van der Waals surface area contributed by atoms with E-state index < -0.39 is 120 Å². The third-order valence-corrected chi connectivity index (χ3v) is 12.1. The maximum Gasteiger partial charge on any atom is 0.243 e. The molecule has 2 aromatic carbocycles. The number of H-pyrrole nitrogens is 2. The van der Waals surface area contributed by atoms with Gasteiger partial charge in [0.05, 0.1) is 12.9 Å². The summed E-state index contributed by atoms with van der Waals surface area (Å²) in [5, 5.41) is 22.2. The maximum absolute atomic E-state index is 14.8. The second-order valence-electron chi connectivity index (χ2n) is 18.5. The van der Waals surface area contributed by atoms with Crippen molar-refractivity contribution in [2.45, 2.75) is 115 Å². The standard InChI is InChI=1S/C49H67N15O9/c1-26(2)40(47(72)56-24-38(50)65)64-48(73)41(27(3)4)63-43(68)34-16-17-39(66)58-37(21-30-23-53-25-57-30)46(71)61-35(19-28-11-6-5-7-12-28)44(69)59-33(15-10-18-54-49(51)52)42(67)62-36(45(70)60-34)20-29-22-55-32-14-9-8-13-31(29)32/h5-9,11-14,22-23,25-27,33-37,40-41,55H,10,15-21,24H2,1-4H3,(H2,50,65)(H,53,57)(H,56,72)(H,58,66)(H,59,69)(H,60,70)(H,61,71)(H,62,67)(H,63,68)(H,64,73)(H4,51,52,54)/t33-,34+,35+,36+,37-,40-,41-/m0/s1. The van der Waals surface area contributed by atoms with E-state index in [9.17, 15) is 43.2 Å². The van der Waals surface area contributed by atoms with Gasteiger partial charge in [0.25, 0.3) is 0 Å². The molecule has 0 spiro atoms. The van der Waals surface area contributed by atoms with E-state index in [1.807, 2.05) is 18.2 Å². The van der Waals surface area contributed by atoms with Gasteiger partial charge in [0.2, 0.25) is 53.2 Å². The molecule has 0 unspecified atom stereocenters. The zero-order valence-corrected chi connectivity index (χ0v) is 41.3. The molecule has 73 heavy (non-hydrogen) atoms. The summed E-state index contributed by atoms with van der Waals surface area (Å²) in [6, 6.07) is 6.77. The average Bonchev–Trinajstić information content (AvgIpc) is 4.02. The fourth-order valence-electron chi connectivity index (χ4n) is 8.14. The molecule has 1 fully saturated rings. The van der Waals surface area contributed by atoms with Crippen molar-refractivity contribution in [2.75, 3.05) is 13.1 Å². The van der Waals surface area contributed by atoms with Crippen LogP contribution < -0.4 is 59.7 Å². The van der Waals surface area contributed by atoms with Crippen molar-refractivity contribution in [2.24, 2.45) is 34.0 Å². The minimum Gasteiger partial charge on any atom is -0.370 e. The van der Waals surface area contributed by atoms with Gasteiger partial charge in [-0.25, -0.2) is 4.98 Å². The number of aromatic amines is 2. The van der Waals surface area contributed by atoms with Crippen LogP contribution in [0.25, 0.3) is 10.9 Å². The van der Waals surface area contributed by atoms with Crippen LogP contribution in [-0.4, -0.2) is 129 Å². The van der Waals surface area contributed by atoms with Crippen LogP contribution in [0.3, 0.4) is 0 Å². The molecule has 5 rings (SSSR count). The first kappa shape index (κ1) is 55.6. The third kappa shape index (κ3) is 16.9. The number of imidazole rings is 1. The van der Waals surface area contributed by atoms with Crippen molar-refractivity contribution in [3.05, 3.63) is 90.1 Å². The first-order valence-corrected chi connectivity index (χ1v) is 24.1. The van der Waals surface area contributed by atoms with Gasteiger partial charge in [-0.15, -0.1) is 0 Å². The van der Waals surface area contributed by atoms with E-state index in [2.05, 4.69) is 62.5 Å². The molecule has 1 saturated heterocycles. The number of hydrogen-bond donors (Lipinski definition) is 13. The van der Waals surface area contributed by atoms with Crippen molar-refractivity contribution in [3.8, 4) is 0 Å². The molecule has 9 amide bonds. The highest BCUT2D eigenvalue weighted by molar-refractivity contribution is 5.99. The lowest BCUT2D eigenvalue weighted by Gasteiger charge is -2.29. The number of nitrogens with one attached hydrogen (secondary N) is 10. The van der Waals surface area contributed by atoms with Crippen molar-refractivity contribution in [3.63, 3.8) is 0 Å². The number of aliphatic imine (C=N–C) groups is 1. The topological polar surface area (TPSA) is 385 Å². The van der Waals surface area contributed by atoms with E-state index >= 15 is 0 Å². The minimum atomic E-state index is -1.55. The van der Waals surface area contributed by atoms with Crippen LogP contribution in [0, 0.1) is 11.8 Å². The Hall–Kier alpha value is -8.31. The molecule has 24 heteroatoms. The Kier molecular flexibility index (Phi) is 20.4. The number of aromatic nitrogens is 3. The minimum absolute atomic E-state index is 0.0239. The summed E-state index contributed by atoms with van der Waals surface area (Å²) < 4.78 is 0. The Bertz CT molecular complexity index is 2600. The number of primary amides is 1. The van der Waals surface area contributed by atoms with Crippen molar-refractivity contribution in [1.82, 2.24) is 57.5 Å². The average molecular weight is 1010 g/mol. The molecule has 392 valence electrons. The normalized spacial score (nSPS) is 20.0. The number of amides is 9. The first-order chi connectivity index (χ1) is 34.8. The van der Waals surface area contributed by atoms with E-state index in [0.29, 0.717) is 16.8 Å². The van der Waals surface area contributed by atoms with Gasteiger partial charge in [-0.2, -0.15) is 0 Å². The number of rotatable bonds is 19. The molecule has 16 N–H and O–H groups in total. The smallest absolute Gasteiger partial charge is 0.243 e. The molecule has 0 radical (unpaired) electrons. The molecule has 2 aromatic heterocycles. The van der Waals surface area contributed by atoms with Crippen LogP contribution in [0.2, 0.25) is 0 Å². The summed E-state index contributed by atoms with van der Waals surface area (Å²) in [4.78, 5) is 139. The molecule has 1 aliphatic rings. The van der Waals surface area contributed by atoms with Crippen LogP contribution in [0.15, 0.2) is 78.3 Å². The van der Waals surface area contributed by atoms with Crippen molar-refractivity contribution in [1.29, 1.82) is 0 Å². The van der Waals surface area contributed by atoms with Crippen LogP contribution in [0.4, 0.5) is 0 Å². The quantitative estimate of drug-likeness (QED) is 0.0278. The second kappa shape index (κ2) is 26.8. The van der Waals surface area contributed by atoms with E-state index in [1.165, 1.54) is 12.5 Å². The number of nitrogens with zero attached hydrogens (tertiary/aromatic N) is 2. The molecular weight excluding hydrogens is 943 g/mol. The lowest BCUT2D eigenvalue weighted by Crippen LogP contribution is -2.61. The Morgan fingerprint density at radius 3 is 1.95 bits per heavy atom. The number of fused-ring (bicyclic) bond motifs is 1. The molecule has 0 bridgehead atoms. The Morgan fingerprint density at radius 2 is 1.30 bits per heavy atom. The summed E-state index contributed by atoms with van der Waals surface area (Å²) in [5.41, 5.74) is 18.8. The molecule has 7 atom stereocenters. The number of carbonyl (C=O) groups is 9. The van der Waals surface area contributed by atoms with E-state index in [1.54, 1.807) is 70.3 Å². The predicted octanol–water partition coefficient (Wildman–Crippen LogP) is -1.93. The Balaban J connectivity index is 1.55. The zero-order valence-electron chi connectivity index (χ0n) is 41.3. The first-order valence-electron chi connectivity index (χ1n) is 24.1. The van der Waals surface area contributed by atoms with Gasteiger partial charge in [0, 0.05) is 61.2 Å². The van der Waals surface area contributed by atoms with Gasteiger partial charge in [-0.3, -0.25) is 48.1 Å². The largest absolute Gasteiger partial charge is 0.370 e. The SMILES string of the molecule is CC(C)[C@H](NC(=O)[C@@H](NC(=O)[C@H]1CCC(=O)N[C@@H](Cc2cnc[nH]2)C(=O)N[C@H](Cc2ccccc2)C(=O)N[C@@H](CCCN=C(N)N)C(=O)N[C@H](Cc2c[nH]c3ccccc23)C(=O)N1)C(C)C)C(=O)NCC(N)=O. The Morgan fingerprint density at radius 1 is 0.699 bits per heavy atom. The molecular formula is C49H67N15O9.